The second-order valence-electron chi connectivity index (χ2n) is 5.02. The molecule has 6 nitrogen and oxygen atoms in total. The Balaban J connectivity index is 3.30. The molecule has 114 valence electrons. The van der Waals surface area contributed by atoms with Crippen LogP contribution in [-0.4, -0.2) is 39.5 Å². The first-order valence-electron chi connectivity index (χ1n) is 6.48. The lowest BCUT2D eigenvalue weighted by Gasteiger charge is -2.32. The van der Waals surface area contributed by atoms with E-state index in [1.807, 2.05) is 0 Å². The summed E-state index contributed by atoms with van der Waals surface area (Å²) in [5.74, 6) is -4.92. The molecule has 0 spiro atoms. The van der Waals surface area contributed by atoms with Crippen LogP contribution in [0, 0.1) is 17.3 Å². The van der Waals surface area contributed by atoms with Crippen molar-refractivity contribution in [3.05, 3.63) is 38.1 Å². The number of carbonyl (C=O) groups excluding carboxylic acids is 1. The molecule has 1 heterocycles. The number of carbonyl (C=O) groups is 3. The molecule has 0 radical (unpaired) electrons. The van der Waals surface area contributed by atoms with Crippen molar-refractivity contribution >= 4 is 17.8 Å². The highest BCUT2D eigenvalue weighted by atomic mass is 16.4. The average molecular weight is 293 g/mol. The highest BCUT2D eigenvalue weighted by molar-refractivity contribution is 5.92. The fraction of sp³-hybridized carbons (Fsp3) is 0.400. The molecule has 1 amide bonds. The molecule has 0 aromatic rings. The van der Waals surface area contributed by atoms with Crippen molar-refractivity contribution in [1.29, 1.82) is 0 Å². The fourth-order valence-corrected chi connectivity index (χ4v) is 2.82. The van der Waals surface area contributed by atoms with Gasteiger partial charge in [-0.05, 0) is 19.0 Å². The molecule has 21 heavy (non-hydrogen) atoms. The first kappa shape index (κ1) is 16.7. The highest BCUT2D eigenvalue weighted by Gasteiger charge is 2.54. The van der Waals surface area contributed by atoms with Crippen LogP contribution in [0.1, 0.15) is 12.8 Å². The maximum Gasteiger partial charge on any atom is 0.311 e. The Bertz CT molecular complexity index is 498. The molecule has 0 aliphatic carbocycles. The molecule has 0 aromatic carbocycles. The van der Waals surface area contributed by atoms with Gasteiger partial charge in [-0.15, -0.1) is 13.2 Å². The summed E-state index contributed by atoms with van der Waals surface area (Å²) >= 11 is 0. The quantitative estimate of drug-likeness (QED) is 0.661. The van der Waals surface area contributed by atoms with Gasteiger partial charge in [-0.2, -0.15) is 0 Å². The van der Waals surface area contributed by atoms with Gasteiger partial charge in [0.1, 0.15) is 0 Å². The van der Waals surface area contributed by atoms with E-state index >= 15 is 0 Å². The summed E-state index contributed by atoms with van der Waals surface area (Å²) in [4.78, 5) is 36.5. The van der Waals surface area contributed by atoms with E-state index in [-0.39, 0.29) is 12.8 Å². The Kier molecular flexibility index (Phi) is 5.07. The Morgan fingerprint density at radius 1 is 1.24 bits per heavy atom. The summed E-state index contributed by atoms with van der Waals surface area (Å²) in [7, 11) is 0. The third-order valence-electron chi connectivity index (χ3n) is 3.99. The van der Waals surface area contributed by atoms with E-state index in [4.69, 9.17) is 5.11 Å². The zero-order valence-corrected chi connectivity index (χ0v) is 11.7. The van der Waals surface area contributed by atoms with E-state index in [9.17, 15) is 19.5 Å². The number of hydrogen-bond donors (Lipinski definition) is 2. The summed E-state index contributed by atoms with van der Waals surface area (Å²) in [5, 5.41) is 18.5. The second kappa shape index (κ2) is 6.39. The van der Waals surface area contributed by atoms with Crippen LogP contribution < -0.4 is 0 Å². The Labute approximate surface area is 123 Å². The third kappa shape index (κ3) is 2.89. The first-order valence-corrected chi connectivity index (χ1v) is 6.48. The SMILES string of the molecule is C=CC(CC1(C(C=C)C(=O)O)CCN(C=C)C1=O)C(=O)O. The number of carboxylic acids is 2. The molecule has 3 unspecified atom stereocenters. The van der Waals surface area contributed by atoms with E-state index < -0.39 is 35.1 Å². The second-order valence-corrected chi connectivity index (χ2v) is 5.02. The molecule has 1 fully saturated rings. The maximum atomic E-state index is 12.6. The lowest BCUT2D eigenvalue weighted by molar-refractivity contribution is -0.153. The number of nitrogens with zero attached hydrogens (tertiary/aromatic N) is 1. The van der Waals surface area contributed by atoms with Gasteiger partial charge >= 0.3 is 11.9 Å². The Morgan fingerprint density at radius 3 is 2.19 bits per heavy atom. The van der Waals surface area contributed by atoms with Crippen LogP contribution in [0.2, 0.25) is 0 Å². The largest absolute Gasteiger partial charge is 0.481 e. The summed E-state index contributed by atoms with van der Waals surface area (Å²) in [6, 6.07) is 0. The van der Waals surface area contributed by atoms with E-state index in [0.29, 0.717) is 6.54 Å². The Hall–Kier alpha value is -2.37. The monoisotopic (exact) mass is 293 g/mol. The number of rotatable bonds is 8. The summed E-state index contributed by atoms with van der Waals surface area (Å²) in [6.45, 7) is 10.8. The zero-order chi connectivity index (χ0) is 16.2. The van der Waals surface area contributed by atoms with E-state index in [2.05, 4.69) is 19.7 Å². The summed E-state index contributed by atoms with van der Waals surface area (Å²) < 4.78 is 0. The molecular formula is C15H19NO5. The predicted molar refractivity (Wildman–Crippen MR) is 76.2 cm³/mol. The molecule has 1 aliphatic heterocycles. The number of hydrogen-bond acceptors (Lipinski definition) is 3. The van der Waals surface area contributed by atoms with Crippen LogP contribution in [0.5, 0.6) is 0 Å². The van der Waals surface area contributed by atoms with Crippen molar-refractivity contribution in [2.24, 2.45) is 17.3 Å². The summed E-state index contributed by atoms with van der Waals surface area (Å²) in [6.07, 6.45) is 3.84. The molecule has 3 atom stereocenters. The number of likely N-dealkylation sites (tertiary alicyclic amines) is 1. The van der Waals surface area contributed by atoms with Crippen LogP contribution in [0.4, 0.5) is 0 Å². The van der Waals surface area contributed by atoms with Gasteiger partial charge < -0.3 is 15.1 Å². The minimum absolute atomic E-state index is 0.127. The molecular weight excluding hydrogens is 274 g/mol. The minimum Gasteiger partial charge on any atom is -0.481 e. The minimum atomic E-state index is -1.33. The van der Waals surface area contributed by atoms with Crippen molar-refractivity contribution in [3.8, 4) is 0 Å². The third-order valence-corrected chi connectivity index (χ3v) is 3.99. The fourth-order valence-electron chi connectivity index (χ4n) is 2.82. The van der Waals surface area contributed by atoms with Gasteiger partial charge in [0.25, 0.3) is 0 Å². The predicted octanol–water partition coefficient (Wildman–Crippen LogP) is 1.51. The van der Waals surface area contributed by atoms with Crippen LogP contribution in [-0.2, 0) is 14.4 Å². The molecule has 1 saturated heterocycles. The lowest BCUT2D eigenvalue weighted by atomic mass is 9.68. The molecule has 1 rings (SSSR count). The first-order chi connectivity index (χ1) is 9.83. The average Bonchev–Trinajstić information content (AvgIpc) is 2.74. The van der Waals surface area contributed by atoms with Crippen molar-refractivity contribution in [2.75, 3.05) is 6.54 Å². The number of aliphatic carboxylic acids is 2. The van der Waals surface area contributed by atoms with Gasteiger partial charge in [0, 0.05) is 6.54 Å². The van der Waals surface area contributed by atoms with Gasteiger partial charge in [0.15, 0.2) is 0 Å². The molecule has 6 heteroatoms. The molecule has 0 bridgehead atoms. The number of carboxylic acid groups (broad SMARTS) is 2. The van der Waals surface area contributed by atoms with Crippen molar-refractivity contribution in [1.82, 2.24) is 4.90 Å². The van der Waals surface area contributed by atoms with Gasteiger partial charge in [-0.1, -0.05) is 18.7 Å². The van der Waals surface area contributed by atoms with Crippen LogP contribution in [0.15, 0.2) is 38.1 Å². The van der Waals surface area contributed by atoms with Gasteiger partial charge in [0.05, 0.1) is 17.3 Å². The summed E-state index contributed by atoms with van der Waals surface area (Å²) in [5.41, 5.74) is -1.33. The van der Waals surface area contributed by atoms with Crippen LogP contribution in [0.3, 0.4) is 0 Å². The number of amides is 1. The molecule has 1 aliphatic rings. The highest BCUT2D eigenvalue weighted by Crippen LogP contribution is 2.45. The van der Waals surface area contributed by atoms with Crippen LogP contribution in [0.25, 0.3) is 0 Å². The zero-order valence-electron chi connectivity index (χ0n) is 11.7. The molecule has 0 aromatic heterocycles. The van der Waals surface area contributed by atoms with Crippen molar-refractivity contribution in [3.63, 3.8) is 0 Å². The van der Waals surface area contributed by atoms with Gasteiger partial charge in [-0.3, -0.25) is 14.4 Å². The van der Waals surface area contributed by atoms with Gasteiger partial charge in [-0.25, -0.2) is 0 Å². The van der Waals surface area contributed by atoms with E-state index in [0.717, 1.165) is 0 Å². The normalized spacial score (nSPS) is 24.2. The topological polar surface area (TPSA) is 94.9 Å². The van der Waals surface area contributed by atoms with Crippen LogP contribution >= 0.6 is 0 Å². The maximum absolute atomic E-state index is 12.6. The van der Waals surface area contributed by atoms with Crippen molar-refractivity contribution < 1.29 is 24.6 Å². The standard InChI is InChI=1S/C15H19NO5/c1-4-10(12(17)18)9-15(11(5-2)13(19)20)7-8-16(6-3)14(15)21/h4-6,10-11H,1-3,7-9H2,(H,17,18)(H,19,20). The Morgan fingerprint density at radius 2 is 1.86 bits per heavy atom. The smallest absolute Gasteiger partial charge is 0.311 e. The van der Waals surface area contributed by atoms with E-state index in [1.54, 1.807) is 0 Å². The molecule has 2 N–H and O–H groups in total. The van der Waals surface area contributed by atoms with Gasteiger partial charge in [0.2, 0.25) is 5.91 Å². The lowest BCUT2D eigenvalue weighted by Crippen LogP contribution is -2.43. The molecule has 0 saturated carbocycles. The van der Waals surface area contributed by atoms with Crippen molar-refractivity contribution in [2.45, 2.75) is 12.8 Å². The van der Waals surface area contributed by atoms with E-state index in [1.165, 1.54) is 23.3 Å².